The Labute approximate surface area is 229 Å². The number of rotatable bonds is 9. The number of sulfonamides is 1. The number of hydrogen-bond acceptors (Lipinski definition) is 6. The molecule has 1 aliphatic rings. The Morgan fingerprint density at radius 1 is 1.35 bits per heavy atom. The Bertz CT molecular complexity index is 1170. The Hall–Kier alpha value is -2.21. The molecule has 1 saturated heterocycles. The van der Waals surface area contributed by atoms with E-state index in [2.05, 4.69) is 48.2 Å². The molecule has 204 valence electrons. The number of hydrogen-bond donors (Lipinski definition) is 2. The van der Waals surface area contributed by atoms with Crippen molar-refractivity contribution in [2.45, 2.75) is 58.7 Å². The molecule has 3 heterocycles. The van der Waals surface area contributed by atoms with E-state index in [-0.39, 0.29) is 11.9 Å². The predicted octanol–water partition coefficient (Wildman–Crippen LogP) is 3.42. The first kappa shape index (κ1) is 29.3. The number of likely N-dealkylation sites (tertiary alicyclic amines) is 1. The summed E-state index contributed by atoms with van der Waals surface area (Å²) in [7, 11) is -1.83. The molecule has 0 spiro atoms. The van der Waals surface area contributed by atoms with Crippen molar-refractivity contribution in [2.24, 2.45) is 4.40 Å². The fourth-order valence-electron chi connectivity index (χ4n) is 4.79. The monoisotopic (exact) mass is 568 g/mol. The number of aryl methyl sites for hydroxylation is 2. The van der Waals surface area contributed by atoms with Gasteiger partial charge < -0.3 is 20.4 Å². The molecule has 0 aliphatic carbocycles. The number of nitrogens with one attached hydrogen (secondary N) is 2. The first-order chi connectivity index (χ1) is 17.5. The summed E-state index contributed by atoms with van der Waals surface area (Å²) >= 11 is 7.61. The highest BCUT2D eigenvalue weighted by Gasteiger charge is 2.29. The highest BCUT2D eigenvalue weighted by atomic mass is 35.5. The van der Waals surface area contributed by atoms with Gasteiger partial charge in [-0.2, -0.15) is 11.3 Å². The van der Waals surface area contributed by atoms with Gasteiger partial charge >= 0.3 is 0 Å². The lowest BCUT2D eigenvalue weighted by atomic mass is 10.0. The van der Waals surface area contributed by atoms with Crippen LogP contribution in [0.25, 0.3) is 0 Å². The van der Waals surface area contributed by atoms with Crippen LogP contribution in [-0.2, 0) is 16.6 Å². The molecule has 2 aromatic heterocycles. The van der Waals surface area contributed by atoms with Gasteiger partial charge in [-0.3, -0.25) is 4.79 Å². The smallest absolute Gasteiger partial charge is 0.253 e. The summed E-state index contributed by atoms with van der Waals surface area (Å²) in [6.07, 6.45) is 3.72. The maximum absolute atomic E-state index is 12.7. The van der Waals surface area contributed by atoms with E-state index < -0.39 is 10.0 Å². The van der Waals surface area contributed by atoms with Crippen LogP contribution < -0.4 is 10.6 Å². The van der Waals surface area contributed by atoms with Crippen LogP contribution in [0.3, 0.4) is 0 Å². The van der Waals surface area contributed by atoms with Crippen LogP contribution in [0, 0.1) is 13.8 Å². The third kappa shape index (κ3) is 8.39. The van der Waals surface area contributed by atoms with Crippen LogP contribution in [0.2, 0.25) is 5.15 Å². The van der Waals surface area contributed by atoms with Gasteiger partial charge in [0.05, 0.1) is 17.5 Å². The third-order valence-electron chi connectivity index (χ3n) is 6.69. The van der Waals surface area contributed by atoms with E-state index in [9.17, 15) is 13.2 Å². The molecule has 0 bridgehead atoms. The van der Waals surface area contributed by atoms with Crippen LogP contribution in [-0.4, -0.2) is 80.1 Å². The Kier molecular flexibility index (Phi) is 10.3. The molecule has 0 radical (unpaired) electrons. The SMILES string of the molecule is CN/C(=N\S(C)(=O)=O)N(Cc1ccsc1)C1CCN([C@H](C)CCNC(=O)c2c(C)cc(Cl)nc2C)CC1. The van der Waals surface area contributed by atoms with Gasteiger partial charge in [0.2, 0.25) is 5.96 Å². The number of nitrogens with zero attached hydrogens (tertiary/aromatic N) is 4. The van der Waals surface area contributed by atoms with Gasteiger partial charge in [0.15, 0.2) is 0 Å². The zero-order valence-electron chi connectivity index (χ0n) is 22.1. The topological polar surface area (TPSA) is 107 Å². The Morgan fingerprint density at radius 2 is 2.05 bits per heavy atom. The molecule has 0 unspecified atom stereocenters. The maximum Gasteiger partial charge on any atom is 0.253 e. The number of piperidine rings is 1. The molecule has 0 aromatic carbocycles. The lowest BCUT2D eigenvalue weighted by Gasteiger charge is -2.41. The van der Waals surface area contributed by atoms with Crippen molar-refractivity contribution in [2.75, 3.05) is 32.9 Å². The van der Waals surface area contributed by atoms with Crippen molar-refractivity contribution in [1.82, 2.24) is 25.4 Å². The molecular weight excluding hydrogens is 532 g/mol. The molecular formula is C25H37ClN6O3S2. The predicted molar refractivity (Wildman–Crippen MR) is 151 cm³/mol. The molecule has 12 heteroatoms. The molecule has 37 heavy (non-hydrogen) atoms. The van der Waals surface area contributed by atoms with Crippen molar-refractivity contribution < 1.29 is 13.2 Å². The number of thiophene rings is 1. The van der Waals surface area contributed by atoms with Gasteiger partial charge in [0, 0.05) is 45.3 Å². The summed E-state index contributed by atoms with van der Waals surface area (Å²) < 4.78 is 27.8. The van der Waals surface area contributed by atoms with Crippen molar-refractivity contribution in [3.63, 3.8) is 0 Å². The lowest BCUT2D eigenvalue weighted by molar-refractivity contribution is 0.0934. The minimum absolute atomic E-state index is 0.126. The fourth-order valence-corrected chi connectivity index (χ4v) is 6.25. The van der Waals surface area contributed by atoms with Crippen LogP contribution >= 0.6 is 22.9 Å². The van der Waals surface area contributed by atoms with Crippen molar-refractivity contribution in [1.29, 1.82) is 0 Å². The van der Waals surface area contributed by atoms with E-state index in [1.165, 1.54) is 0 Å². The van der Waals surface area contributed by atoms with E-state index in [1.54, 1.807) is 31.4 Å². The van der Waals surface area contributed by atoms with E-state index in [0.29, 0.717) is 41.5 Å². The zero-order valence-corrected chi connectivity index (χ0v) is 24.5. The summed E-state index contributed by atoms with van der Waals surface area (Å²) in [6.45, 7) is 8.77. The molecule has 1 atom stereocenters. The normalized spacial score (nSPS) is 16.4. The first-order valence-corrected chi connectivity index (χ1v) is 15.6. The van der Waals surface area contributed by atoms with E-state index in [0.717, 1.165) is 49.7 Å². The number of guanidine groups is 1. The number of halogens is 1. The molecule has 1 amide bonds. The fraction of sp³-hybridized carbons (Fsp3) is 0.560. The second-order valence-electron chi connectivity index (χ2n) is 9.54. The molecule has 1 fully saturated rings. The molecule has 0 saturated carbocycles. The van der Waals surface area contributed by atoms with Crippen LogP contribution in [0.4, 0.5) is 0 Å². The van der Waals surface area contributed by atoms with E-state index in [1.807, 2.05) is 12.3 Å². The van der Waals surface area contributed by atoms with E-state index >= 15 is 0 Å². The van der Waals surface area contributed by atoms with Crippen molar-refractivity contribution in [3.05, 3.63) is 50.4 Å². The minimum Gasteiger partial charge on any atom is -0.358 e. The minimum atomic E-state index is -3.54. The number of carbonyl (C=O) groups is 1. The first-order valence-electron chi connectivity index (χ1n) is 12.4. The second kappa shape index (κ2) is 13.0. The highest BCUT2D eigenvalue weighted by Crippen LogP contribution is 2.23. The number of aromatic nitrogens is 1. The van der Waals surface area contributed by atoms with Gasteiger partial charge in [-0.15, -0.1) is 4.40 Å². The van der Waals surface area contributed by atoms with Gasteiger partial charge in [0.25, 0.3) is 15.9 Å². The summed E-state index contributed by atoms with van der Waals surface area (Å²) in [5, 5.41) is 10.5. The Balaban J connectivity index is 1.57. The van der Waals surface area contributed by atoms with Gasteiger partial charge in [-0.25, -0.2) is 13.4 Å². The lowest BCUT2D eigenvalue weighted by Crippen LogP contribution is -2.52. The van der Waals surface area contributed by atoms with Crippen molar-refractivity contribution in [3.8, 4) is 0 Å². The summed E-state index contributed by atoms with van der Waals surface area (Å²) in [4.78, 5) is 21.4. The summed E-state index contributed by atoms with van der Waals surface area (Å²) in [6, 6.07) is 4.22. The van der Waals surface area contributed by atoms with Crippen molar-refractivity contribution >= 4 is 44.8 Å². The Morgan fingerprint density at radius 3 is 2.62 bits per heavy atom. The third-order valence-corrected chi connectivity index (χ3v) is 8.12. The van der Waals surface area contributed by atoms with Gasteiger partial charge in [-0.1, -0.05) is 11.6 Å². The van der Waals surface area contributed by atoms with Gasteiger partial charge in [-0.05, 0) is 74.1 Å². The maximum atomic E-state index is 12.7. The quantitative estimate of drug-likeness (QED) is 0.271. The van der Waals surface area contributed by atoms with Crippen LogP contribution in [0.15, 0.2) is 27.3 Å². The number of pyridine rings is 1. The van der Waals surface area contributed by atoms with Crippen LogP contribution in [0.1, 0.15) is 53.4 Å². The molecule has 2 aromatic rings. The standard InChI is InChI=1S/C25H37ClN6O3S2/c1-17-14-22(26)29-19(3)23(17)24(33)28-10-6-18(2)31-11-7-21(8-12-31)32(15-20-9-13-36-16-20)25(27-4)30-37(5,34)35/h9,13-14,16,18,21H,6-8,10-12,15H2,1-5H3,(H,27,30)(H,28,33)/t18-/m1/s1. The highest BCUT2D eigenvalue weighted by molar-refractivity contribution is 7.89. The number of amides is 1. The average Bonchev–Trinajstić information content (AvgIpc) is 3.33. The molecule has 2 N–H and O–H groups in total. The van der Waals surface area contributed by atoms with Crippen LogP contribution in [0.5, 0.6) is 0 Å². The summed E-state index contributed by atoms with van der Waals surface area (Å²) in [5.74, 6) is 0.254. The largest absolute Gasteiger partial charge is 0.358 e. The average molecular weight is 569 g/mol. The zero-order chi connectivity index (χ0) is 27.2. The molecule has 1 aliphatic heterocycles. The molecule has 3 rings (SSSR count). The van der Waals surface area contributed by atoms with Gasteiger partial charge in [0.1, 0.15) is 5.15 Å². The summed E-state index contributed by atoms with van der Waals surface area (Å²) in [5.41, 5.74) is 3.16. The second-order valence-corrected chi connectivity index (χ2v) is 12.4. The van der Waals surface area contributed by atoms with E-state index in [4.69, 9.17) is 11.6 Å². The number of carbonyl (C=O) groups excluding carboxylic acids is 1. The molecule has 9 nitrogen and oxygen atoms in total.